The lowest BCUT2D eigenvalue weighted by Gasteiger charge is -2.29. The van der Waals surface area contributed by atoms with Gasteiger partial charge in [-0.15, -0.1) is 0 Å². The van der Waals surface area contributed by atoms with Crippen molar-refractivity contribution in [1.29, 1.82) is 0 Å². The maximum absolute atomic E-state index is 13.5. The van der Waals surface area contributed by atoms with Gasteiger partial charge in [-0.2, -0.15) is 0 Å². The Morgan fingerprint density at radius 3 is 2.47 bits per heavy atom. The van der Waals surface area contributed by atoms with Gasteiger partial charge in [-0.25, -0.2) is 4.39 Å². The number of rotatable bonds is 9. The second-order valence-corrected chi connectivity index (χ2v) is 8.65. The number of hydrogen-bond donors (Lipinski definition) is 1. The van der Waals surface area contributed by atoms with Crippen molar-refractivity contribution in [1.82, 2.24) is 9.80 Å². The average Bonchev–Trinajstić information content (AvgIpc) is 3.15. The molecule has 0 radical (unpaired) electrons. The molecule has 2 aliphatic rings. The zero-order chi connectivity index (χ0) is 25.7. The molecule has 0 aliphatic carbocycles. The Hall–Kier alpha value is -3.43. The average molecular weight is 499 g/mol. The van der Waals surface area contributed by atoms with E-state index in [9.17, 15) is 19.1 Å². The van der Waals surface area contributed by atoms with Crippen LogP contribution in [0.2, 0.25) is 0 Å². The molecule has 0 bridgehead atoms. The number of amides is 1. The van der Waals surface area contributed by atoms with Gasteiger partial charge in [0.15, 0.2) is 11.5 Å². The van der Waals surface area contributed by atoms with Crippen LogP contribution in [0.4, 0.5) is 4.39 Å². The van der Waals surface area contributed by atoms with Crippen molar-refractivity contribution in [2.45, 2.75) is 19.4 Å². The van der Waals surface area contributed by atoms with E-state index in [4.69, 9.17) is 14.2 Å². The minimum absolute atomic E-state index is 0.0378. The summed E-state index contributed by atoms with van der Waals surface area (Å²) in [5.41, 5.74) is 0.819. The number of ether oxygens (including phenoxy) is 3. The van der Waals surface area contributed by atoms with Crippen LogP contribution in [0.5, 0.6) is 11.5 Å². The maximum Gasteiger partial charge on any atom is 0.295 e. The SMILES string of the molecule is CCOc1ccc([C@@H]2/C(=C(\O)c3ccc(F)cc3)C(=O)C(=O)N2CCCN2CCOCC2)cc1OC. The third kappa shape index (κ3) is 5.37. The van der Waals surface area contributed by atoms with Gasteiger partial charge in [0.2, 0.25) is 0 Å². The first kappa shape index (κ1) is 25.7. The fourth-order valence-electron chi connectivity index (χ4n) is 4.64. The summed E-state index contributed by atoms with van der Waals surface area (Å²) in [4.78, 5) is 30.1. The monoisotopic (exact) mass is 498 g/mol. The molecule has 8 nitrogen and oxygen atoms in total. The van der Waals surface area contributed by atoms with Crippen LogP contribution >= 0.6 is 0 Å². The molecule has 0 saturated carbocycles. The van der Waals surface area contributed by atoms with Crippen LogP contribution in [-0.4, -0.2) is 79.7 Å². The Morgan fingerprint density at radius 1 is 1.08 bits per heavy atom. The fraction of sp³-hybridized carbons (Fsp3) is 0.407. The highest BCUT2D eigenvalue weighted by Gasteiger charge is 2.46. The van der Waals surface area contributed by atoms with Crippen LogP contribution < -0.4 is 9.47 Å². The van der Waals surface area contributed by atoms with E-state index >= 15 is 0 Å². The molecule has 2 fully saturated rings. The molecule has 9 heteroatoms. The van der Waals surface area contributed by atoms with Crippen molar-refractivity contribution in [3.63, 3.8) is 0 Å². The number of aliphatic hydroxyl groups excluding tert-OH is 1. The number of ketones is 1. The van der Waals surface area contributed by atoms with Crippen molar-refractivity contribution in [2.24, 2.45) is 0 Å². The molecule has 1 N–H and O–H groups in total. The number of carbonyl (C=O) groups excluding carboxylic acids is 2. The molecule has 2 aliphatic heterocycles. The predicted molar refractivity (Wildman–Crippen MR) is 131 cm³/mol. The topological polar surface area (TPSA) is 88.5 Å². The summed E-state index contributed by atoms with van der Waals surface area (Å²) in [5, 5.41) is 11.1. The fourth-order valence-corrected chi connectivity index (χ4v) is 4.64. The molecule has 2 aromatic carbocycles. The molecule has 1 amide bonds. The number of nitrogens with zero attached hydrogens (tertiary/aromatic N) is 2. The van der Waals surface area contributed by atoms with Crippen LogP contribution in [0.3, 0.4) is 0 Å². The molecule has 36 heavy (non-hydrogen) atoms. The van der Waals surface area contributed by atoms with Gasteiger partial charge in [0.05, 0.1) is 38.5 Å². The number of benzene rings is 2. The van der Waals surface area contributed by atoms with Gasteiger partial charge in [-0.1, -0.05) is 6.07 Å². The second-order valence-electron chi connectivity index (χ2n) is 8.65. The predicted octanol–water partition coefficient (Wildman–Crippen LogP) is 3.38. The Bertz CT molecular complexity index is 1130. The van der Waals surface area contributed by atoms with Crippen LogP contribution in [-0.2, 0) is 14.3 Å². The maximum atomic E-state index is 13.5. The lowest BCUT2D eigenvalue weighted by Crippen LogP contribution is -2.39. The summed E-state index contributed by atoms with van der Waals surface area (Å²) < 4.78 is 30.0. The van der Waals surface area contributed by atoms with Gasteiger partial charge in [0.25, 0.3) is 11.7 Å². The van der Waals surface area contributed by atoms with Crippen molar-refractivity contribution in [3.8, 4) is 11.5 Å². The first-order valence-electron chi connectivity index (χ1n) is 12.1. The first-order valence-corrected chi connectivity index (χ1v) is 12.1. The summed E-state index contributed by atoms with van der Waals surface area (Å²) in [6.45, 7) is 6.37. The second kappa shape index (κ2) is 11.5. The van der Waals surface area contributed by atoms with E-state index in [1.807, 2.05) is 6.92 Å². The lowest BCUT2D eigenvalue weighted by atomic mass is 9.95. The molecule has 2 heterocycles. The molecular weight excluding hydrogens is 467 g/mol. The van der Waals surface area contributed by atoms with Crippen molar-refractivity contribution in [3.05, 3.63) is 65.0 Å². The van der Waals surface area contributed by atoms with E-state index in [0.717, 1.165) is 19.6 Å². The van der Waals surface area contributed by atoms with Gasteiger partial charge < -0.3 is 24.2 Å². The minimum atomic E-state index is -0.829. The van der Waals surface area contributed by atoms with Crippen molar-refractivity contribution >= 4 is 17.4 Å². The number of halogens is 1. The Kier molecular flexibility index (Phi) is 8.22. The van der Waals surface area contributed by atoms with Crippen LogP contribution in [0.25, 0.3) is 5.76 Å². The molecule has 2 aromatic rings. The molecule has 0 unspecified atom stereocenters. The number of Topliss-reactive ketones (excluding diaryl/α,β-unsaturated/α-hetero) is 1. The Balaban J connectivity index is 1.71. The molecule has 0 spiro atoms. The van der Waals surface area contributed by atoms with E-state index in [1.165, 1.54) is 36.3 Å². The highest BCUT2D eigenvalue weighted by Crippen LogP contribution is 2.42. The van der Waals surface area contributed by atoms with Gasteiger partial charge in [0.1, 0.15) is 11.6 Å². The summed E-state index contributed by atoms with van der Waals surface area (Å²) in [6, 6.07) is 9.53. The quantitative estimate of drug-likeness (QED) is 0.322. The molecule has 0 aromatic heterocycles. The van der Waals surface area contributed by atoms with Gasteiger partial charge in [-0.3, -0.25) is 14.5 Å². The number of carbonyl (C=O) groups is 2. The normalized spacial score (nSPS) is 20.1. The third-order valence-corrected chi connectivity index (χ3v) is 6.44. The standard InChI is InChI=1S/C27H31FN2O6/c1-3-36-21-10-7-19(17-22(21)34-2)24-23(25(31)18-5-8-20(28)9-6-18)26(32)27(33)30(24)12-4-11-29-13-15-35-16-14-29/h5-10,17,24,31H,3-4,11-16H2,1-2H3/b25-23+/t24-/m1/s1. The zero-order valence-corrected chi connectivity index (χ0v) is 20.5. The summed E-state index contributed by atoms with van der Waals surface area (Å²) in [6.07, 6.45) is 0.647. The number of likely N-dealkylation sites (tertiary alicyclic amines) is 1. The minimum Gasteiger partial charge on any atom is -0.507 e. The van der Waals surface area contributed by atoms with Gasteiger partial charge in [0, 0.05) is 31.7 Å². The van der Waals surface area contributed by atoms with Gasteiger partial charge in [-0.05, 0) is 55.3 Å². The zero-order valence-electron chi connectivity index (χ0n) is 20.5. The van der Waals surface area contributed by atoms with E-state index in [-0.39, 0.29) is 16.9 Å². The highest BCUT2D eigenvalue weighted by atomic mass is 19.1. The highest BCUT2D eigenvalue weighted by molar-refractivity contribution is 6.46. The molecule has 4 rings (SSSR count). The number of aliphatic hydroxyl groups is 1. The first-order chi connectivity index (χ1) is 17.4. The van der Waals surface area contributed by atoms with Crippen LogP contribution in [0.1, 0.15) is 30.5 Å². The van der Waals surface area contributed by atoms with Crippen molar-refractivity contribution < 1.29 is 33.3 Å². The summed E-state index contributed by atoms with van der Waals surface area (Å²) >= 11 is 0. The third-order valence-electron chi connectivity index (χ3n) is 6.44. The van der Waals surface area contributed by atoms with E-state index in [1.54, 1.807) is 18.2 Å². The number of methoxy groups -OCH3 is 1. The summed E-state index contributed by atoms with van der Waals surface area (Å²) in [7, 11) is 1.51. The van der Waals surface area contributed by atoms with Crippen LogP contribution in [0, 0.1) is 5.82 Å². The molecule has 192 valence electrons. The molecular formula is C27H31FN2O6. The van der Waals surface area contributed by atoms with Crippen LogP contribution in [0.15, 0.2) is 48.0 Å². The lowest BCUT2D eigenvalue weighted by molar-refractivity contribution is -0.140. The molecule has 2 saturated heterocycles. The smallest absolute Gasteiger partial charge is 0.295 e. The van der Waals surface area contributed by atoms with E-state index in [2.05, 4.69) is 4.90 Å². The Morgan fingerprint density at radius 2 is 1.81 bits per heavy atom. The number of morpholine rings is 1. The largest absolute Gasteiger partial charge is 0.507 e. The Labute approximate surface area is 209 Å². The van der Waals surface area contributed by atoms with E-state index < -0.39 is 23.5 Å². The van der Waals surface area contributed by atoms with Gasteiger partial charge >= 0.3 is 0 Å². The molecule has 1 atom stereocenters. The number of hydrogen-bond acceptors (Lipinski definition) is 7. The summed E-state index contributed by atoms with van der Waals surface area (Å²) in [5.74, 6) is -1.29. The van der Waals surface area contributed by atoms with E-state index in [0.29, 0.717) is 49.8 Å². The van der Waals surface area contributed by atoms with Crippen molar-refractivity contribution in [2.75, 3.05) is 53.1 Å².